The van der Waals surface area contributed by atoms with Crippen LogP contribution in [-0.4, -0.2) is 26.5 Å². The number of nitrogens with two attached hydrogens (primary N) is 1. The van der Waals surface area contributed by atoms with E-state index in [4.69, 9.17) is 10.6 Å². The summed E-state index contributed by atoms with van der Waals surface area (Å²) in [5, 5.41) is 7.09. The monoisotopic (exact) mass is 403 g/mol. The number of anilines is 1. The molecular formula is C19H25N5O3S. The minimum absolute atomic E-state index is 0.0667. The van der Waals surface area contributed by atoms with Gasteiger partial charge in [-0.15, -0.1) is 0 Å². The predicted octanol–water partition coefficient (Wildman–Crippen LogP) is 2.72. The number of ether oxygens (including phenoxy) is 1. The van der Waals surface area contributed by atoms with Crippen molar-refractivity contribution in [3.05, 3.63) is 35.0 Å². The Morgan fingerprint density at radius 2 is 2.18 bits per heavy atom. The van der Waals surface area contributed by atoms with E-state index in [2.05, 4.69) is 30.3 Å². The molecule has 1 aromatic heterocycles. The van der Waals surface area contributed by atoms with Crippen molar-refractivity contribution >= 4 is 22.3 Å². The fourth-order valence-corrected chi connectivity index (χ4v) is 4.61. The van der Waals surface area contributed by atoms with Gasteiger partial charge < -0.3 is 8.95 Å². The summed E-state index contributed by atoms with van der Waals surface area (Å²) in [4.78, 5) is 13.0. The van der Waals surface area contributed by atoms with Crippen molar-refractivity contribution < 1.29 is 17.8 Å². The number of hydrogen-bond donors (Lipinski definition) is 2. The zero-order valence-corrected chi connectivity index (χ0v) is 17.1. The van der Waals surface area contributed by atoms with E-state index < -0.39 is 16.6 Å². The lowest BCUT2D eigenvalue weighted by Crippen LogP contribution is -2.34. The molecule has 0 atom stereocenters. The third-order valence-corrected chi connectivity index (χ3v) is 6.41. The molecule has 0 saturated carbocycles. The summed E-state index contributed by atoms with van der Waals surface area (Å²) in [5.74, 6) is 6.31. The van der Waals surface area contributed by atoms with Crippen LogP contribution in [0.4, 0.5) is 10.5 Å². The van der Waals surface area contributed by atoms with Crippen molar-refractivity contribution in [3.8, 4) is 5.88 Å². The van der Waals surface area contributed by atoms with Crippen molar-refractivity contribution in [2.45, 2.75) is 51.5 Å². The van der Waals surface area contributed by atoms with Gasteiger partial charge in [0.1, 0.15) is 5.69 Å². The molecule has 9 heteroatoms. The number of carbonyl (C=O) groups is 1. The molecule has 3 N–H and O–H groups in total. The zero-order valence-electron chi connectivity index (χ0n) is 16.3. The second-order valence-corrected chi connectivity index (χ2v) is 9.51. The average Bonchev–Trinajstić information content (AvgIpc) is 3.28. The van der Waals surface area contributed by atoms with Gasteiger partial charge in [-0.05, 0) is 37.3 Å². The lowest BCUT2D eigenvalue weighted by atomic mass is 9.94. The van der Waals surface area contributed by atoms with Gasteiger partial charge in [0, 0.05) is 22.1 Å². The highest BCUT2D eigenvalue weighted by atomic mass is 32.2. The van der Waals surface area contributed by atoms with Gasteiger partial charge in [-0.2, -0.15) is 15.7 Å². The first-order valence-corrected chi connectivity index (χ1v) is 10.5. The number of nitrogens with one attached hydrogen (secondary N) is 1. The van der Waals surface area contributed by atoms with E-state index >= 15 is 0 Å². The minimum atomic E-state index is -1.93. The number of hydrazine groups is 1. The summed E-state index contributed by atoms with van der Waals surface area (Å²) in [6, 6.07) is 3.46. The quantitative estimate of drug-likeness (QED) is 0.264. The third-order valence-electron chi connectivity index (χ3n) is 5.23. The topological polar surface area (TPSA) is 102 Å². The molecule has 0 saturated heterocycles. The molecule has 0 fully saturated rings. The van der Waals surface area contributed by atoms with Crippen LogP contribution in [-0.2, 0) is 34.2 Å². The molecule has 2 aromatic rings. The Bertz CT molecular complexity index is 1050. The van der Waals surface area contributed by atoms with Crippen molar-refractivity contribution in [1.82, 2.24) is 9.78 Å². The molecule has 1 aromatic carbocycles. The first-order valence-electron chi connectivity index (χ1n) is 9.34. The Morgan fingerprint density at radius 1 is 1.39 bits per heavy atom. The zero-order chi connectivity index (χ0) is 20.1. The lowest BCUT2D eigenvalue weighted by Gasteiger charge is -2.31. The van der Waals surface area contributed by atoms with Crippen LogP contribution in [0, 0.1) is 12.3 Å². The number of fused-ring (bicyclic) bond motifs is 2. The van der Waals surface area contributed by atoms with Crippen molar-refractivity contribution in [3.63, 3.8) is 0 Å². The summed E-state index contributed by atoms with van der Waals surface area (Å²) in [6.07, 6.45) is 4.44. The number of benzene rings is 1. The van der Waals surface area contributed by atoms with Crippen LogP contribution in [0.15, 0.2) is 23.2 Å². The third kappa shape index (κ3) is 3.29. The van der Waals surface area contributed by atoms with E-state index in [0.29, 0.717) is 28.0 Å². The Labute approximate surface area is 165 Å². The molecular weight excluding hydrogens is 378 g/mol. The van der Waals surface area contributed by atoms with Crippen LogP contribution in [0.2, 0.25) is 0 Å². The fraction of sp³-hybridized carbons (Fsp3) is 0.474. The number of aromatic nitrogens is 2. The van der Waals surface area contributed by atoms with Crippen LogP contribution >= 0.6 is 0 Å². The number of rotatable bonds is 2. The molecule has 2 heterocycles. The van der Waals surface area contributed by atoms with Gasteiger partial charge >= 0.3 is 6.03 Å². The maximum Gasteiger partial charge on any atom is 0.493 e. The number of urea groups is 1. The van der Waals surface area contributed by atoms with Gasteiger partial charge in [0.25, 0.3) is 0 Å². The largest absolute Gasteiger partial charge is 0.493 e. The smallest absolute Gasteiger partial charge is 0.478 e. The number of nitrogens with zero attached hydrogens (tertiary/aromatic N) is 3. The number of carbonyl (C=O) groups excluding carboxylic acids is 1. The molecule has 0 unspecified atom stereocenters. The second kappa shape index (κ2) is 6.89. The van der Waals surface area contributed by atoms with E-state index in [0.717, 1.165) is 36.1 Å². The van der Waals surface area contributed by atoms with E-state index in [1.54, 1.807) is 4.68 Å². The van der Waals surface area contributed by atoms with Crippen molar-refractivity contribution in [2.24, 2.45) is 11.3 Å². The first kappa shape index (κ1) is 18.9. The fourth-order valence-electron chi connectivity index (χ4n) is 3.75. The van der Waals surface area contributed by atoms with Gasteiger partial charge in [-0.3, -0.25) is 0 Å². The Hall–Kier alpha value is -2.39. The maximum absolute atomic E-state index is 12.9. The highest BCUT2D eigenvalue weighted by molar-refractivity contribution is 7.72. The number of aryl methyl sites for hydroxylation is 2. The van der Waals surface area contributed by atoms with Crippen molar-refractivity contribution in [1.29, 1.82) is 0 Å². The standard InChI is InChI=1S/C19H25N5O3S/c1-12-7-8-13-5-4-6-14(13)16(12)22-18(25)24(20)28(26)15-9-21-23-10-19(2,3)11-27-17(15)23/h7-9H,4-6,10-11,20H2,1-3H3,(H,22,25). The minimum Gasteiger partial charge on any atom is -0.478 e. The van der Waals surface area contributed by atoms with Gasteiger partial charge in [0.05, 0.1) is 13.2 Å². The molecule has 2 amide bonds. The molecule has 0 radical (unpaired) electrons. The highest BCUT2D eigenvalue weighted by Gasteiger charge is 2.29. The summed E-state index contributed by atoms with van der Waals surface area (Å²) in [6.45, 7) is 7.20. The van der Waals surface area contributed by atoms with Gasteiger partial charge in [-0.1, -0.05) is 36.6 Å². The molecule has 0 spiro atoms. The second-order valence-electron chi connectivity index (χ2n) is 8.18. The maximum atomic E-state index is 12.9. The van der Waals surface area contributed by atoms with Crippen LogP contribution in [0.1, 0.15) is 37.0 Å². The van der Waals surface area contributed by atoms with Gasteiger partial charge in [-0.25, -0.2) is 14.1 Å². The summed E-state index contributed by atoms with van der Waals surface area (Å²) >= 11 is 0. The van der Waals surface area contributed by atoms with Crippen molar-refractivity contribution in [2.75, 3.05) is 11.9 Å². The summed E-state index contributed by atoms with van der Waals surface area (Å²) < 4.78 is 21.0. The van der Waals surface area contributed by atoms with Crippen LogP contribution in [0.3, 0.4) is 0 Å². The predicted molar refractivity (Wildman–Crippen MR) is 104 cm³/mol. The molecule has 150 valence electrons. The summed E-state index contributed by atoms with van der Waals surface area (Å²) in [7, 11) is -1.93. The van der Waals surface area contributed by atoms with Crippen LogP contribution in [0.5, 0.6) is 5.88 Å². The average molecular weight is 404 g/mol. The van der Waals surface area contributed by atoms with Gasteiger partial charge in [0.15, 0.2) is 5.88 Å². The number of amides is 2. The lowest BCUT2D eigenvalue weighted by molar-refractivity contribution is -0.409. The van der Waals surface area contributed by atoms with Crippen LogP contribution in [0.25, 0.3) is 0 Å². The normalized spacial score (nSPS) is 18.6. The van der Waals surface area contributed by atoms with E-state index in [-0.39, 0.29) is 5.41 Å². The Balaban J connectivity index is 1.63. The molecule has 8 nitrogen and oxygen atoms in total. The van der Waals surface area contributed by atoms with E-state index in [1.165, 1.54) is 11.8 Å². The molecule has 2 aliphatic rings. The first-order chi connectivity index (χ1) is 13.3. The highest BCUT2D eigenvalue weighted by Crippen LogP contribution is 2.33. The van der Waals surface area contributed by atoms with E-state index in [9.17, 15) is 9.00 Å². The molecule has 1 aliphatic heterocycles. The molecule has 4 rings (SSSR count). The van der Waals surface area contributed by atoms with Crippen LogP contribution < -0.4 is 15.9 Å². The molecule has 1 aliphatic carbocycles. The molecule has 0 bridgehead atoms. The molecule has 28 heavy (non-hydrogen) atoms. The van der Waals surface area contributed by atoms with Gasteiger partial charge in [0.2, 0.25) is 0 Å². The van der Waals surface area contributed by atoms with E-state index in [1.807, 2.05) is 13.0 Å². The summed E-state index contributed by atoms with van der Waals surface area (Å²) in [5.41, 5.74) is 4.04. The number of hydrogen-bond acceptors (Lipinski definition) is 5. The SMILES string of the molecule is Cc1ccc2c(c1NC(=O)[N+](N)=[S-](=O)c1cnn3c1OCC(C)(C)C3)CCC2. The Kier molecular flexibility index (Phi) is 4.67. The Morgan fingerprint density at radius 3 is 2.96 bits per heavy atom.